The Labute approximate surface area is 259 Å². The summed E-state index contributed by atoms with van der Waals surface area (Å²) in [7, 11) is 2.92. The Bertz CT molecular complexity index is 1800. The molecule has 13 heteroatoms. The van der Waals surface area contributed by atoms with E-state index in [-0.39, 0.29) is 35.9 Å². The van der Waals surface area contributed by atoms with Gasteiger partial charge in [0.05, 0.1) is 42.3 Å². The average molecular weight is 645 g/mol. The molecule has 0 fully saturated rings. The number of nitrogens with zero attached hydrogens (tertiary/aromatic N) is 2. The van der Waals surface area contributed by atoms with Gasteiger partial charge in [0.1, 0.15) is 5.75 Å². The number of pyridine rings is 1. The highest BCUT2D eigenvalue weighted by Crippen LogP contribution is 2.41. The second kappa shape index (κ2) is 12.4. The lowest BCUT2D eigenvalue weighted by molar-refractivity contribution is -0.143. The summed E-state index contributed by atoms with van der Waals surface area (Å²) in [5.41, 5.74) is 1.25. The van der Waals surface area contributed by atoms with E-state index < -0.39 is 35.6 Å². The zero-order valence-electron chi connectivity index (χ0n) is 24.6. The molecule has 2 heterocycles. The van der Waals surface area contributed by atoms with Crippen LogP contribution in [0.2, 0.25) is 0 Å². The third kappa shape index (κ3) is 6.77. The summed E-state index contributed by atoms with van der Waals surface area (Å²) in [4.78, 5) is 21.3. The number of aromatic nitrogens is 1. The average Bonchev–Trinajstić information content (AvgIpc) is 3.48. The van der Waals surface area contributed by atoms with Gasteiger partial charge in [0.25, 0.3) is 0 Å². The molecule has 4 aromatic rings. The number of hydrogen-bond acceptors (Lipinski definition) is 6. The lowest BCUT2D eigenvalue weighted by atomic mass is 9.92. The minimum absolute atomic E-state index is 0.0356. The van der Waals surface area contributed by atoms with Gasteiger partial charge in [0.15, 0.2) is 6.10 Å². The third-order valence-corrected chi connectivity index (χ3v) is 7.52. The largest absolute Gasteiger partial charge is 0.496 e. The van der Waals surface area contributed by atoms with Crippen LogP contribution in [0.3, 0.4) is 0 Å². The fourth-order valence-corrected chi connectivity index (χ4v) is 5.25. The lowest BCUT2D eigenvalue weighted by Crippen LogP contribution is -2.13. The molecule has 0 spiro atoms. The fraction of sp³-hybridized carbons (Fsp3) is 0.242. The first kappa shape index (κ1) is 32.3. The van der Waals surface area contributed by atoms with Crippen molar-refractivity contribution in [3.8, 4) is 33.9 Å². The van der Waals surface area contributed by atoms with E-state index in [0.29, 0.717) is 40.4 Å². The van der Waals surface area contributed by atoms with Gasteiger partial charge in [-0.2, -0.15) is 26.3 Å². The molecular formula is C33H26F6N2O5. The number of carboxylic acids is 1. The maximum atomic E-state index is 13.4. The number of carbonyl (C=O) groups is 1. The van der Waals surface area contributed by atoms with Crippen LogP contribution in [0.5, 0.6) is 11.6 Å². The first-order chi connectivity index (χ1) is 21.7. The molecule has 1 unspecified atom stereocenters. The third-order valence-electron chi connectivity index (χ3n) is 7.52. The molecule has 46 heavy (non-hydrogen) atoms. The summed E-state index contributed by atoms with van der Waals surface area (Å²) in [6.45, 7) is 1.79. The maximum Gasteiger partial charge on any atom is 0.416 e. The van der Waals surface area contributed by atoms with Gasteiger partial charge in [0, 0.05) is 30.0 Å². The SMILES string of the molecule is COc1ccc(-c2cc(-c3ccc(C(=O)O)cc3C)ccc2OC)c(CC2=NOC(c3cc(C(F)(F)F)cc(C(F)(F)F)c3)C2)n1. The molecule has 1 atom stereocenters. The number of aryl methyl sites for hydroxylation is 1. The highest BCUT2D eigenvalue weighted by atomic mass is 19.4. The van der Waals surface area contributed by atoms with Gasteiger partial charge in [-0.15, -0.1) is 0 Å². The summed E-state index contributed by atoms with van der Waals surface area (Å²) in [6.07, 6.45) is -11.2. The second-order valence-corrected chi connectivity index (χ2v) is 10.6. The van der Waals surface area contributed by atoms with Crippen molar-refractivity contribution in [2.45, 2.75) is 38.2 Å². The molecule has 1 aromatic heterocycles. The normalized spacial score (nSPS) is 14.9. The molecule has 1 aliphatic rings. The Morgan fingerprint density at radius 3 is 2.13 bits per heavy atom. The van der Waals surface area contributed by atoms with Gasteiger partial charge in [-0.05, 0) is 77.7 Å². The molecule has 0 radical (unpaired) electrons. The zero-order chi connectivity index (χ0) is 33.4. The summed E-state index contributed by atoms with van der Waals surface area (Å²) >= 11 is 0. The monoisotopic (exact) mass is 644 g/mol. The molecule has 0 amide bonds. The number of alkyl halides is 6. The molecule has 0 bridgehead atoms. The van der Waals surface area contributed by atoms with Crippen molar-refractivity contribution in [3.05, 3.63) is 100 Å². The van der Waals surface area contributed by atoms with Crippen LogP contribution in [0.4, 0.5) is 26.3 Å². The van der Waals surface area contributed by atoms with Crippen molar-refractivity contribution < 1.29 is 50.6 Å². The number of aromatic carboxylic acids is 1. The van der Waals surface area contributed by atoms with E-state index in [1.165, 1.54) is 20.3 Å². The number of rotatable bonds is 8. The van der Waals surface area contributed by atoms with Crippen LogP contribution in [0, 0.1) is 6.92 Å². The van der Waals surface area contributed by atoms with E-state index in [2.05, 4.69) is 10.1 Å². The van der Waals surface area contributed by atoms with Crippen LogP contribution < -0.4 is 9.47 Å². The summed E-state index contributed by atoms with van der Waals surface area (Å²) in [5, 5.41) is 13.3. The number of ether oxygens (including phenoxy) is 2. The Balaban J connectivity index is 1.49. The van der Waals surface area contributed by atoms with Gasteiger partial charge in [-0.1, -0.05) is 17.3 Å². The molecule has 0 saturated heterocycles. The van der Waals surface area contributed by atoms with E-state index in [4.69, 9.17) is 14.3 Å². The van der Waals surface area contributed by atoms with Crippen LogP contribution in [-0.2, 0) is 23.6 Å². The van der Waals surface area contributed by atoms with Gasteiger partial charge < -0.3 is 19.4 Å². The Kier molecular flexibility index (Phi) is 8.70. The van der Waals surface area contributed by atoms with Crippen molar-refractivity contribution in [2.24, 2.45) is 5.16 Å². The van der Waals surface area contributed by atoms with E-state index in [0.717, 1.165) is 16.7 Å². The van der Waals surface area contributed by atoms with Crippen molar-refractivity contribution in [1.82, 2.24) is 4.98 Å². The van der Waals surface area contributed by atoms with Crippen molar-refractivity contribution in [2.75, 3.05) is 14.2 Å². The van der Waals surface area contributed by atoms with Crippen molar-refractivity contribution in [3.63, 3.8) is 0 Å². The van der Waals surface area contributed by atoms with E-state index >= 15 is 0 Å². The molecule has 1 aliphatic heterocycles. The van der Waals surface area contributed by atoms with Gasteiger partial charge in [-0.3, -0.25) is 0 Å². The standard InChI is InChI=1S/C33H26F6N2O5/c1-17-10-19(31(42)43)4-6-24(17)18-5-8-28(44-2)26(13-18)25-7-9-30(45-3)40-27(25)15-23-16-29(46-41-23)20-11-21(32(34,35)36)14-22(12-20)33(37,38)39/h4-14,29H,15-16H2,1-3H3,(H,42,43). The van der Waals surface area contributed by atoms with Crippen LogP contribution in [0.15, 0.2) is 71.9 Å². The Morgan fingerprint density at radius 1 is 0.870 bits per heavy atom. The second-order valence-electron chi connectivity index (χ2n) is 10.6. The lowest BCUT2D eigenvalue weighted by Gasteiger charge is -2.17. The van der Waals surface area contributed by atoms with Crippen molar-refractivity contribution in [1.29, 1.82) is 0 Å². The van der Waals surface area contributed by atoms with Crippen molar-refractivity contribution >= 4 is 11.7 Å². The predicted molar refractivity (Wildman–Crippen MR) is 156 cm³/mol. The molecule has 3 aromatic carbocycles. The highest BCUT2D eigenvalue weighted by molar-refractivity contribution is 5.91. The van der Waals surface area contributed by atoms with Crippen LogP contribution in [0.1, 0.15) is 50.8 Å². The van der Waals surface area contributed by atoms with Gasteiger partial charge in [0.2, 0.25) is 5.88 Å². The number of hydrogen-bond donors (Lipinski definition) is 1. The Morgan fingerprint density at radius 2 is 1.54 bits per heavy atom. The smallest absolute Gasteiger partial charge is 0.416 e. The highest BCUT2D eigenvalue weighted by Gasteiger charge is 2.38. The van der Waals surface area contributed by atoms with E-state index in [1.54, 1.807) is 37.3 Å². The number of halogens is 6. The van der Waals surface area contributed by atoms with E-state index in [9.17, 15) is 36.2 Å². The van der Waals surface area contributed by atoms with Gasteiger partial charge >= 0.3 is 18.3 Å². The molecule has 0 saturated carbocycles. The van der Waals surface area contributed by atoms with Crippen LogP contribution in [0.25, 0.3) is 22.3 Å². The molecule has 1 N–H and O–H groups in total. The van der Waals surface area contributed by atoms with Crippen LogP contribution >= 0.6 is 0 Å². The maximum absolute atomic E-state index is 13.4. The van der Waals surface area contributed by atoms with Gasteiger partial charge in [-0.25, -0.2) is 9.78 Å². The molecule has 7 nitrogen and oxygen atoms in total. The molecular weight excluding hydrogens is 618 g/mol. The van der Waals surface area contributed by atoms with Crippen LogP contribution in [-0.4, -0.2) is 36.0 Å². The summed E-state index contributed by atoms with van der Waals surface area (Å²) < 4.78 is 91.6. The topological polar surface area (TPSA) is 90.2 Å². The minimum atomic E-state index is -5.00. The summed E-state index contributed by atoms with van der Waals surface area (Å²) in [6, 6.07) is 14.9. The molecule has 5 rings (SSSR count). The summed E-state index contributed by atoms with van der Waals surface area (Å²) in [5.74, 6) is -0.297. The number of carboxylic acid groups (broad SMARTS) is 1. The number of methoxy groups -OCH3 is 2. The fourth-order valence-electron chi connectivity index (χ4n) is 5.25. The number of benzene rings is 3. The molecule has 240 valence electrons. The first-order valence-electron chi connectivity index (χ1n) is 13.8. The zero-order valence-corrected chi connectivity index (χ0v) is 24.6. The van der Waals surface area contributed by atoms with E-state index in [1.807, 2.05) is 12.1 Å². The predicted octanol–water partition coefficient (Wildman–Crippen LogP) is 8.54. The first-order valence-corrected chi connectivity index (χ1v) is 13.8. The molecule has 0 aliphatic carbocycles. The Hall–Kier alpha value is -5.07. The minimum Gasteiger partial charge on any atom is -0.496 e. The number of oxime groups is 1. The quantitative estimate of drug-likeness (QED) is 0.194.